The number of rotatable bonds is 10. The molecule has 50 heavy (non-hydrogen) atoms. The number of ether oxygens (including phenoxy) is 2. The Morgan fingerprint density at radius 3 is 2.22 bits per heavy atom. The molecular weight excluding hydrogens is 626 g/mol. The predicted octanol–water partition coefficient (Wildman–Crippen LogP) is 7.40. The molecule has 0 radical (unpaired) electrons. The van der Waals surface area contributed by atoms with Gasteiger partial charge in [0.15, 0.2) is 5.79 Å². The van der Waals surface area contributed by atoms with Gasteiger partial charge in [0.1, 0.15) is 0 Å². The Kier molecular flexibility index (Phi) is 12.1. The van der Waals surface area contributed by atoms with Crippen LogP contribution in [0.3, 0.4) is 0 Å². The SMILES string of the molecule is CC[C@@H]1C[C@H](NC(=O)N(CCNC(=O)NCCN(C)C)C2CCCCC2)CC[C@]1(C)[C@H]1CC[C@@]2(C)[C@H](C1)C[C@@H]1OC3(CCC(C)CO3)[C@@H](C)[C@@H]12. The molecule has 1 spiro atoms. The molecule has 11 atom stereocenters. The predicted molar refractivity (Wildman–Crippen MR) is 200 cm³/mol. The van der Waals surface area contributed by atoms with Crippen molar-refractivity contribution in [1.82, 2.24) is 25.8 Å². The molecule has 2 heterocycles. The first-order chi connectivity index (χ1) is 23.9. The van der Waals surface area contributed by atoms with Gasteiger partial charge in [0.05, 0.1) is 12.7 Å². The molecule has 4 aliphatic carbocycles. The summed E-state index contributed by atoms with van der Waals surface area (Å²) in [5.74, 6) is 3.48. The lowest BCUT2D eigenvalue weighted by atomic mass is 9.51. The van der Waals surface area contributed by atoms with Gasteiger partial charge in [-0.25, -0.2) is 9.59 Å². The fraction of sp³-hybridized carbons (Fsp3) is 0.951. The molecule has 2 aliphatic heterocycles. The molecule has 3 N–H and O–H groups in total. The fourth-order valence-electron chi connectivity index (χ4n) is 12.2. The molecule has 6 rings (SSSR count). The number of amides is 4. The molecular formula is C41H73N5O4. The number of nitrogens with one attached hydrogen (secondary N) is 3. The summed E-state index contributed by atoms with van der Waals surface area (Å²) >= 11 is 0. The van der Waals surface area contributed by atoms with Crippen LogP contribution in [0.25, 0.3) is 0 Å². The summed E-state index contributed by atoms with van der Waals surface area (Å²) in [6.07, 6.45) is 18.0. The van der Waals surface area contributed by atoms with Crippen molar-refractivity contribution in [1.29, 1.82) is 0 Å². The van der Waals surface area contributed by atoms with Gasteiger partial charge in [-0.1, -0.05) is 60.3 Å². The van der Waals surface area contributed by atoms with E-state index in [1.807, 2.05) is 19.0 Å². The van der Waals surface area contributed by atoms with Gasteiger partial charge in [-0.2, -0.15) is 0 Å². The van der Waals surface area contributed by atoms with E-state index in [1.165, 1.54) is 64.2 Å². The molecule has 286 valence electrons. The molecule has 4 saturated carbocycles. The summed E-state index contributed by atoms with van der Waals surface area (Å²) in [5, 5.41) is 9.46. The van der Waals surface area contributed by atoms with E-state index in [1.54, 1.807) is 0 Å². The van der Waals surface area contributed by atoms with Crippen LogP contribution >= 0.6 is 0 Å². The first-order valence-electron chi connectivity index (χ1n) is 20.9. The molecule has 0 aromatic rings. The van der Waals surface area contributed by atoms with Crippen LogP contribution in [0.1, 0.15) is 131 Å². The highest BCUT2D eigenvalue weighted by molar-refractivity contribution is 5.75. The van der Waals surface area contributed by atoms with Crippen LogP contribution < -0.4 is 16.0 Å². The minimum atomic E-state index is -0.335. The van der Waals surface area contributed by atoms with Gasteiger partial charge >= 0.3 is 12.1 Å². The number of carbonyl (C=O) groups is 2. The molecule has 6 aliphatic rings. The Hall–Kier alpha value is -1.58. The van der Waals surface area contributed by atoms with Crippen molar-refractivity contribution in [2.24, 2.45) is 46.3 Å². The van der Waals surface area contributed by atoms with Crippen LogP contribution in [0, 0.1) is 46.3 Å². The van der Waals surface area contributed by atoms with E-state index < -0.39 is 0 Å². The molecule has 0 bridgehead atoms. The number of fused-ring (bicyclic) bond motifs is 3. The van der Waals surface area contributed by atoms with Gasteiger partial charge < -0.3 is 35.2 Å². The number of likely N-dealkylation sites (N-methyl/N-ethyl adjacent to an activating group) is 1. The van der Waals surface area contributed by atoms with Crippen LogP contribution in [-0.4, -0.2) is 92.7 Å². The zero-order chi connectivity index (χ0) is 35.7. The van der Waals surface area contributed by atoms with E-state index in [0.29, 0.717) is 60.2 Å². The summed E-state index contributed by atoms with van der Waals surface area (Å²) in [6.45, 7) is 15.6. The second-order valence-electron chi connectivity index (χ2n) is 18.7. The summed E-state index contributed by atoms with van der Waals surface area (Å²) in [4.78, 5) is 30.4. The Morgan fingerprint density at radius 2 is 1.54 bits per heavy atom. The normalized spacial score (nSPS) is 41.8. The maximum absolute atomic E-state index is 14.0. The Bertz CT molecular complexity index is 1150. The maximum Gasteiger partial charge on any atom is 0.317 e. The number of nitrogens with zero attached hydrogens (tertiary/aromatic N) is 2. The number of hydrogen-bond acceptors (Lipinski definition) is 5. The lowest BCUT2D eigenvalue weighted by Gasteiger charge is -2.55. The number of carbonyl (C=O) groups excluding carboxylic acids is 2. The van der Waals surface area contributed by atoms with E-state index in [4.69, 9.17) is 9.47 Å². The van der Waals surface area contributed by atoms with Gasteiger partial charge in [0.25, 0.3) is 0 Å². The topological polar surface area (TPSA) is 95.2 Å². The highest BCUT2D eigenvalue weighted by atomic mass is 16.7. The monoisotopic (exact) mass is 700 g/mol. The lowest BCUT2D eigenvalue weighted by molar-refractivity contribution is -0.272. The van der Waals surface area contributed by atoms with E-state index in [0.717, 1.165) is 57.1 Å². The van der Waals surface area contributed by atoms with E-state index >= 15 is 0 Å². The maximum atomic E-state index is 14.0. The summed E-state index contributed by atoms with van der Waals surface area (Å²) in [7, 11) is 4.00. The molecule has 4 amide bonds. The molecule has 6 fully saturated rings. The summed E-state index contributed by atoms with van der Waals surface area (Å²) in [5.41, 5.74) is 0.669. The van der Waals surface area contributed by atoms with Crippen LogP contribution in [0.2, 0.25) is 0 Å². The number of hydrogen-bond donors (Lipinski definition) is 3. The minimum absolute atomic E-state index is 0.0735. The van der Waals surface area contributed by atoms with Gasteiger partial charge in [-0.3, -0.25) is 0 Å². The number of urea groups is 2. The van der Waals surface area contributed by atoms with Gasteiger partial charge in [0.2, 0.25) is 0 Å². The Labute approximate surface area is 304 Å². The van der Waals surface area contributed by atoms with Crippen LogP contribution in [-0.2, 0) is 9.47 Å². The third-order valence-corrected chi connectivity index (χ3v) is 15.4. The van der Waals surface area contributed by atoms with Crippen LogP contribution in [0.4, 0.5) is 9.59 Å². The second-order valence-corrected chi connectivity index (χ2v) is 18.7. The molecule has 9 heteroatoms. The molecule has 2 unspecified atom stereocenters. The summed E-state index contributed by atoms with van der Waals surface area (Å²) in [6, 6.07) is 0.396. The molecule has 9 nitrogen and oxygen atoms in total. The van der Waals surface area contributed by atoms with Crippen molar-refractivity contribution >= 4 is 12.1 Å². The standard InChI is InChI=1S/C41H73N5O4/c1-8-30-25-33(44-38(48)46(34-12-10-9-11-13-34)23-21-43-37(47)42-20-22-45(6)7)16-18-39(30,4)31-15-17-40(5)32(24-31)26-35-36(40)29(3)41(50-35)19-14-28(2)27-49-41/h28-36H,8-27H2,1-7H3,(H,44,48)(H2,42,43,47)/t28?,29-,30+,31-,32+,33+,35-,36-,39-,40-,41?/m0/s1. The third kappa shape index (κ3) is 7.71. The Balaban J connectivity index is 1.03. The zero-order valence-corrected chi connectivity index (χ0v) is 32.9. The molecule has 0 aromatic carbocycles. The van der Waals surface area contributed by atoms with Crippen molar-refractivity contribution in [3.63, 3.8) is 0 Å². The van der Waals surface area contributed by atoms with Crippen molar-refractivity contribution in [2.45, 2.75) is 155 Å². The minimum Gasteiger partial charge on any atom is -0.349 e. The molecule has 2 saturated heterocycles. The first kappa shape index (κ1) is 38.2. The van der Waals surface area contributed by atoms with E-state index in [-0.39, 0.29) is 29.9 Å². The second kappa shape index (κ2) is 15.8. The van der Waals surface area contributed by atoms with Crippen molar-refractivity contribution in [3.8, 4) is 0 Å². The van der Waals surface area contributed by atoms with Crippen LogP contribution in [0.5, 0.6) is 0 Å². The fourth-order valence-corrected chi connectivity index (χ4v) is 12.2. The van der Waals surface area contributed by atoms with Crippen molar-refractivity contribution in [2.75, 3.05) is 46.9 Å². The smallest absolute Gasteiger partial charge is 0.317 e. The van der Waals surface area contributed by atoms with Gasteiger partial charge in [-0.05, 0) is 119 Å². The average Bonchev–Trinajstić information content (AvgIpc) is 3.53. The first-order valence-corrected chi connectivity index (χ1v) is 20.9. The highest BCUT2D eigenvalue weighted by Gasteiger charge is 2.66. The van der Waals surface area contributed by atoms with Gasteiger partial charge in [-0.15, -0.1) is 0 Å². The van der Waals surface area contributed by atoms with Gasteiger partial charge in [0, 0.05) is 50.6 Å². The van der Waals surface area contributed by atoms with Crippen LogP contribution in [0.15, 0.2) is 0 Å². The summed E-state index contributed by atoms with van der Waals surface area (Å²) < 4.78 is 13.5. The lowest BCUT2D eigenvalue weighted by Crippen LogP contribution is -2.55. The zero-order valence-electron chi connectivity index (χ0n) is 32.9. The Morgan fingerprint density at radius 1 is 0.820 bits per heavy atom. The molecule has 0 aromatic heterocycles. The van der Waals surface area contributed by atoms with E-state index in [9.17, 15) is 9.59 Å². The van der Waals surface area contributed by atoms with Crippen molar-refractivity contribution < 1.29 is 19.1 Å². The third-order valence-electron chi connectivity index (χ3n) is 15.4. The van der Waals surface area contributed by atoms with Crippen molar-refractivity contribution in [3.05, 3.63) is 0 Å². The largest absolute Gasteiger partial charge is 0.349 e. The quantitative estimate of drug-likeness (QED) is 0.221. The highest BCUT2D eigenvalue weighted by Crippen LogP contribution is 2.67. The van der Waals surface area contributed by atoms with E-state index in [2.05, 4.69) is 55.5 Å². The average molecular weight is 700 g/mol.